The average Bonchev–Trinajstić information content (AvgIpc) is 3.50. The first kappa shape index (κ1) is 16.5. The molecule has 1 aromatic carbocycles. The topological polar surface area (TPSA) is 77.4 Å². The van der Waals surface area contributed by atoms with Crippen LogP contribution in [0.2, 0.25) is 0 Å². The second-order valence-electron chi connectivity index (χ2n) is 6.15. The van der Waals surface area contributed by atoms with Crippen molar-refractivity contribution in [1.29, 1.82) is 0 Å². The van der Waals surface area contributed by atoms with Gasteiger partial charge in [-0.15, -0.1) is 11.3 Å². The third kappa shape index (κ3) is 2.99. The predicted molar refractivity (Wildman–Crippen MR) is 106 cm³/mol. The van der Waals surface area contributed by atoms with Crippen LogP contribution in [0.5, 0.6) is 0 Å². The maximum Gasteiger partial charge on any atom is 0.270 e. The Bertz CT molecular complexity index is 1210. The lowest BCUT2D eigenvalue weighted by Crippen LogP contribution is -2.25. The van der Waals surface area contributed by atoms with Crippen LogP contribution in [0, 0.1) is 0 Å². The van der Waals surface area contributed by atoms with Gasteiger partial charge in [0, 0.05) is 23.8 Å². The van der Waals surface area contributed by atoms with Gasteiger partial charge in [-0.3, -0.25) is 9.20 Å². The molecule has 0 unspecified atom stereocenters. The number of hydrogen-bond acceptors (Lipinski definition) is 5. The molecular formula is C20H15N5O2S. The smallest absolute Gasteiger partial charge is 0.270 e. The van der Waals surface area contributed by atoms with Crippen molar-refractivity contribution < 1.29 is 9.21 Å². The zero-order chi connectivity index (χ0) is 18.9. The number of imidazole rings is 1. The minimum absolute atomic E-state index is 0.231. The van der Waals surface area contributed by atoms with Crippen molar-refractivity contribution in [2.75, 3.05) is 0 Å². The summed E-state index contributed by atoms with van der Waals surface area (Å²) in [5.74, 6) is 0.378. The molecule has 0 bridgehead atoms. The molecule has 0 fully saturated rings. The molecule has 0 aliphatic carbocycles. The van der Waals surface area contributed by atoms with E-state index in [1.807, 2.05) is 58.6 Å². The van der Waals surface area contributed by atoms with Crippen LogP contribution in [0.25, 0.3) is 22.1 Å². The molecule has 0 spiro atoms. The Kier molecular flexibility index (Phi) is 4.02. The Labute approximate surface area is 163 Å². The number of amides is 1. The quantitative estimate of drug-likeness (QED) is 0.496. The first-order valence-corrected chi connectivity index (χ1v) is 9.54. The monoisotopic (exact) mass is 389 g/mol. The maximum atomic E-state index is 12.9. The van der Waals surface area contributed by atoms with Gasteiger partial charge in [-0.1, -0.05) is 18.2 Å². The third-order valence-electron chi connectivity index (χ3n) is 4.29. The predicted octanol–water partition coefficient (Wildman–Crippen LogP) is 3.77. The Morgan fingerprint density at radius 3 is 2.86 bits per heavy atom. The van der Waals surface area contributed by atoms with Gasteiger partial charge in [0.05, 0.1) is 24.2 Å². The zero-order valence-electron chi connectivity index (χ0n) is 14.6. The summed E-state index contributed by atoms with van der Waals surface area (Å²) in [5.41, 5.74) is 2.63. The van der Waals surface area contributed by atoms with E-state index in [1.165, 1.54) is 0 Å². The van der Waals surface area contributed by atoms with Crippen LogP contribution < -0.4 is 5.32 Å². The van der Waals surface area contributed by atoms with E-state index < -0.39 is 0 Å². The summed E-state index contributed by atoms with van der Waals surface area (Å²) in [6.07, 6.45) is 5.44. The molecule has 1 N–H and O–H groups in total. The second kappa shape index (κ2) is 6.82. The summed E-state index contributed by atoms with van der Waals surface area (Å²) in [5, 5.41) is 9.47. The van der Waals surface area contributed by atoms with Gasteiger partial charge in [-0.05, 0) is 24.3 Å². The van der Waals surface area contributed by atoms with E-state index in [9.17, 15) is 4.79 Å². The summed E-state index contributed by atoms with van der Waals surface area (Å²) in [6, 6.07) is 14.9. The van der Waals surface area contributed by atoms with Gasteiger partial charge in [0.1, 0.15) is 11.4 Å². The van der Waals surface area contributed by atoms with Gasteiger partial charge in [-0.25, -0.2) is 9.67 Å². The van der Waals surface area contributed by atoms with E-state index in [0.717, 1.165) is 16.3 Å². The molecule has 28 heavy (non-hydrogen) atoms. The molecule has 0 aliphatic heterocycles. The van der Waals surface area contributed by atoms with Gasteiger partial charge in [0.25, 0.3) is 5.91 Å². The highest BCUT2D eigenvalue weighted by molar-refractivity contribution is 7.15. The molecule has 0 saturated carbocycles. The highest BCUT2D eigenvalue weighted by Gasteiger charge is 2.19. The van der Waals surface area contributed by atoms with Crippen molar-refractivity contribution in [3.8, 4) is 17.1 Å². The first-order chi connectivity index (χ1) is 13.8. The van der Waals surface area contributed by atoms with Gasteiger partial charge in [-0.2, -0.15) is 5.10 Å². The Hall–Kier alpha value is -3.65. The number of benzene rings is 1. The highest BCUT2D eigenvalue weighted by Crippen LogP contribution is 2.22. The number of thiazole rings is 1. The lowest BCUT2D eigenvalue weighted by molar-refractivity contribution is 0.0942. The molecule has 4 aromatic heterocycles. The number of carbonyl (C=O) groups excluding carboxylic acids is 1. The minimum Gasteiger partial charge on any atom is -0.463 e. The number of nitrogens with zero attached hydrogens (tertiary/aromatic N) is 4. The fourth-order valence-corrected chi connectivity index (χ4v) is 3.70. The average molecular weight is 389 g/mol. The number of nitrogens with one attached hydrogen (secondary N) is 1. The van der Waals surface area contributed by atoms with Crippen LogP contribution in [0.1, 0.15) is 16.2 Å². The van der Waals surface area contributed by atoms with Crippen molar-refractivity contribution in [2.45, 2.75) is 6.54 Å². The van der Waals surface area contributed by atoms with E-state index in [2.05, 4.69) is 15.4 Å². The number of rotatable bonds is 5. The Morgan fingerprint density at radius 2 is 2.07 bits per heavy atom. The molecule has 0 saturated heterocycles. The summed E-state index contributed by atoms with van der Waals surface area (Å²) < 4.78 is 9.00. The van der Waals surface area contributed by atoms with Crippen LogP contribution in [0.4, 0.5) is 0 Å². The number of hydrogen-bond donors (Lipinski definition) is 1. The number of fused-ring (bicyclic) bond motifs is 1. The summed E-state index contributed by atoms with van der Waals surface area (Å²) in [7, 11) is 0. The molecule has 8 heteroatoms. The molecular weight excluding hydrogens is 374 g/mol. The molecule has 138 valence electrons. The number of aromatic nitrogens is 4. The van der Waals surface area contributed by atoms with Crippen molar-refractivity contribution in [3.05, 3.63) is 84.0 Å². The molecule has 0 aliphatic rings. The summed E-state index contributed by atoms with van der Waals surface area (Å²) in [6.45, 7) is 0.337. The van der Waals surface area contributed by atoms with Crippen molar-refractivity contribution in [2.24, 2.45) is 0 Å². The molecule has 7 nitrogen and oxygen atoms in total. The van der Waals surface area contributed by atoms with E-state index in [4.69, 9.17) is 4.42 Å². The maximum absolute atomic E-state index is 12.9. The van der Waals surface area contributed by atoms with Crippen molar-refractivity contribution in [3.63, 3.8) is 0 Å². The van der Waals surface area contributed by atoms with Crippen LogP contribution in [-0.2, 0) is 6.54 Å². The second-order valence-corrected chi connectivity index (χ2v) is 7.02. The Balaban J connectivity index is 1.45. The number of furan rings is 1. The molecule has 0 atom stereocenters. The zero-order valence-corrected chi connectivity index (χ0v) is 15.5. The van der Waals surface area contributed by atoms with Crippen molar-refractivity contribution >= 4 is 22.2 Å². The molecule has 1 amide bonds. The van der Waals surface area contributed by atoms with Gasteiger partial charge < -0.3 is 9.73 Å². The van der Waals surface area contributed by atoms with Crippen LogP contribution >= 0.6 is 11.3 Å². The van der Waals surface area contributed by atoms with Gasteiger partial charge in [0.2, 0.25) is 0 Å². The van der Waals surface area contributed by atoms with Crippen LogP contribution in [0.3, 0.4) is 0 Å². The lowest BCUT2D eigenvalue weighted by atomic mass is 10.2. The molecule has 4 heterocycles. The van der Waals surface area contributed by atoms with Crippen molar-refractivity contribution in [1.82, 2.24) is 24.5 Å². The standard InChI is InChI=1S/C20H15N5O2S/c26-19(21-12-14-13-24-8-10-28-20(24)22-14)17-11-16(18-7-4-9-27-18)23-25(17)15-5-2-1-3-6-15/h1-11,13H,12H2,(H,21,26). The normalized spacial score (nSPS) is 11.1. The van der Waals surface area contributed by atoms with E-state index in [0.29, 0.717) is 23.7 Å². The fourth-order valence-electron chi connectivity index (χ4n) is 2.98. The van der Waals surface area contributed by atoms with Crippen LogP contribution in [-0.4, -0.2) is 25.1 Å². The minimum atomic E-state index is -0.231. The van der Waals surface area contributed by atoms with Gasteiger partial charge in [0.15, 0.2) is 10.7 Å². The molecule has 5 aromatic rings. The SMILES string of the molecule is O=C(NCc1cn2ccsc2n1)c1cc(-c2ccco2)nn1-c1ccccc1. The number of para-hydroxylation sites is 1. The molecule has 5 rings (SSSR count). The van der Waals surface area contributed by atoms with Gasteiger partial charge >= 0.3 is 0 Å². The fraction of sp³-hybridized carbons (Fsp3) is 0.0500. The van der Waals surface area contributed by atoms with E-state index >= 15 is 0 Å². The first-order valence-electron chi connectivity index (χ1n) is 8.66. The summed E-state index contributed by atoms with van der Waals surface area (Å²) in [4.78, 5) is 18.3. The molecule has 0 radical (unpaired) electrons. The Morgan fingerprint density at radius 1 is 1.18 bits per heavy atom. The highest BCUT2D eigenvalue weighted by atomic mass is 32.1. The lowest BCUT2D eigenvalue weighted by Gasteiger charge is -2.07. The van der Waals surface area contributed by atoms with E-state index in [1.54, 1.807) is 34.4 Å². The van der Waals surface area contributed by atoms with Crippen LogP contribution in [0.15, 0.2) is 77.0 Å². The largest absolute Gasteiger partial charge is 0.463 e. The summed E-state index contributed by atoms with van der Waals surface area (Å²) >= 11 is 1.55. The third-order valence-corrected chi connectivity index (χ3v) is 5.06. The number of carbonyl (C=O) groups is 1. The van der Waals surface area contributed by atoms with E-state index in [-0.39, 0.29) is 5.91 Å².